The van der Waals surface area contributed by atoms with Crippen LogP contribution in [0.2, 0.25) is 0 Å². The van der Waals surface area contributed by atoms with E-state index in [0.717, 1.165) is 6.42 Å². The van der Waals surface area contributed by atoms with E-state index in [1.807, 2.05) is 13.2 Å². The van der Waals surface area contributed by atoms with Gasteiger partial charge in [-0.05, 0) is 28.6 Å². The summed E-state index contributed by atoms with van der Waals surface area (Å²) in [6.45, 7) is 2.60. The molecular formula is C8H11BrN2O2S. The molecule has 0 aliphatic carbocycles. The molecule has 0 amide bonds. The van der Waals surface area contributed by atoms with Crippen LogP contribution in [-0.4, -0.2) is 20.9 Å². The molecule has 0 unspecified atom stereocenters. The fraction of sp³-hybridized carbons (Fsp3) is 0.500. The Kier molecular flexibility index (Phi) is 4.00. The van der Waals surface area contributed by atoms with Gasteiger partial charge in [-0.15, -0.1) is 0 Å². The van der Waals surface area contributed by atoms with E-state index in [2.05, 4.69) is 20.9 Å². The average molecular weight is 279 g/mol. The van der Waals surface area contributed by atoms with Crippen molar-refractivity contribution in [2.45, 2.75) is 25.0 Å². The average Bonchev–Trinajstić information content (AvgIpc) is 2.19. The summed E-state index contributed by atoms with van der Waals surface area (Å²) >= 11 is 4.35. The summed E-state index contributed by atoms with van der Waals surface area (Å²) in [7, 11) is 0. The molecular weight excluding hydrogens is 268 g/mol. The highest BCUT2D eigenvalue weighted by Gasteiger charge is 2.12. The maximum absolute atomic E-state index is 11.7. The zero-order chi connectivity index (χ0) is 10.7. The largest absolute Gasteiger partial charge is 0.492 e. The van der Waals surface area contributed by atoms with E-state index in [1.165, 1.54) is 11.8 Å². The van der Waals surface area contributed by atoms with Gasteiger partial charge in [0, 0.05) is 6.54 Å². The van der Waals surface area contributed by atoms with Gasteiger partial charge < -0.3 is 5.11 Å². The predicted octanol–water partition coefficient (Wildman–Crippen LogP) is 1.84. The number of nitrogens with zero attached hydrogens (tertiary/aromatic N) is 2. The molecule has 1 rings (SSSR count). The number of aromatic hydroxyl groups is 1. The summed E-state index contributed by atoms with van der Waals surface area (Å²) in [4.78, 5) is 15.6. The van der Waals surface area contributed by atoms with Crippen LogP contribution >= 0.6 is 27.7 Å². The Morgan fingerprint density at radius 2 is 2.29 bits per heavy atom. The number of aromatic nitrogens is 2. The molecule has 0 aliphatic heterocycles. The van der Waals surface area contributed by atoms with Crippen LogP contribution in [0.5, 0.6) is 5.88 Å². The minimum Gasteiger partial charge on any atom is -0.492 e. The molecule has 0 fully saturated rings. The molecule has 1 heterocycles. The third-order valence-electron chi connectivity index (χ3n) is 1.69. The summed E-state index contributed by atoms with van der Waals surface area (Å²) < 4.78 is 1.68. The van der Waals surface area contributed by atoms with Crippen molar-refractivity contribution in [1.29, 1.82) is 0 Å². The van der Waals surface area contributed by atoms with Crippen LogP contribution in [0.1, 0.15) is 13.3 Å². The first-order valence-electron chi connectivity index (χ1n) is 4.15. The zero-order valence-corrected chi connectivity index (χ0v) is 10.4. The Morgan fingerprint density at radius 3 is 2.79 bits per heavy atom. The molecule has 0 aliphatic rings. The molecule has 14 heavy (non-hydrogen) atoms. The minimum atomic E-state index is -0.244. The van der Waals surface area contributed by atoms with Crippen molar-refractivity contribution >= 4 is 27.7 Å². The van der Waals surface area contributed by atoms with Crippen molar-refractivity contribution in [3.05, 3.63) is 14.8 Å². The lowest BCUT2D eigenvalue weighted by Crippen LogP contribution is -2.23. The standard InChI is InChI=1S/C8H11BrN2O2S/c1-3-4-11-7(13)5(9)6(12)10-8(11)14-2/h12H,3-4H2,1-2H3. The van der Waals surface area contributed by atoms with Gasteiger partial charge in [0.25, 0.3) is 5.56 Å². The highest BCUT2D eigenvalue weighted by atomic mass is 79.9. The maximum atomic E-state index is 11.7. The lowest BCUT2D eigenvalue weighted by molar-refractivity contribution is 0.426. The van der Waals surface area contributed by atoms with E-state index in [9.17, 15) is 9.90 Å². The van der Waals surface area contributed by atoms with Crippen LogP contribution in [0, 0.1) is 0 Å². The summed E-state index contributed by atoms with van der Waals surface area (Å²) in [5.41, 5.74) is -0.233. The van der Waals surface area contributed by atoms with Gasteiger partial charge in [-0.25, -0.2) is 0 Å². The Balaban J connectivity index is 3.37. The molecule has 0 bridgehead atoms. The van der Waals surface area contributed by atoms with E-state index >= 15 is 0 Å². The second-order valence-corrected chi connectivity index (χ2v) is 4.26. The van der Waals surface area contributed by atoms with E-state index < -0.39 is 0 Å². The van der Waals surface area contributed by atoms with Crippen LogP contribution in [0.3, 0.4) is 0 Å². The molecule has 78 valence electrons. The first-order valence-corrected chi connectivity index (χ1v) is 6.16. The van der Waals surface area contributed by atoms with Gasteiger partial charge in [-0.2, -0.15) is 4.98 Å². The van der Waals surface area contributed by atoms with Crippen molar-refractivity contribution in [3.63, 3.8) is 0 Å². The number of halogens is 1. The normalized spacial score (nSPS) is 10.5. The van der Waals surface area contributed by atoms with Gasteiger partial charge in [0.05, 0.1) is 0 Å². The molecule has 0 aromatic carbocycles. The topological polar surface area (TPSA) is 55.1 Å². The Hall–Kier alpha value is -0.490. The van der Waals surface area contributed by atoms with Crippen LogP contribution < -0.4 is 5.56 Å². The van der Waals surface area contributed by atoms with E-state index in [0.29, 0.717) is 11.7 Å². The van der Waals surface area contributed by atoms with Crippen LogP contribution in [0.4, 0.5) is 0 Å². The maximum Gasteiger partial charge on any atom is 0.272 e. The number of thioether (sulfide) groups is 1. The SMILES string of the molecule is CCCn1c(SC)nc(O)c(Br)c1=O. The number of hydrogen-bond acceptors (Lipinski definition) is 4. The number of hydrogen-bond donors (Lipinski definition) is 1. The second kappa shape index (κ2) is 4.84. The molecule has 1 aromatic heterocycles. The van der Waals surface area contributed by atoms with Crippen LogP contribution in [0.15, 0.2) is 14.4 Å². The predicted molar refractivity (Wildman–Crippen MR) is 59.9 cm³/mol. The Labute approximate surface area is 94.5 Å². The van der Waals surface area contributed by atoms with E-state index in [1.54, 1.807) is 4.57 Å². The van der Waals surface area contributed by atoms with Crippen LogP contribution in [-0.2, 0) is 6.54 Å². The summed E-state index contributed by atoms with van der Waals surface area (Å²) in [6.07, 6.45) is 2.67. The highest BCUT2D eigenvalue weighted by Crippen LogP contribution is 2.20. The summed E-state index contributed by atoms with van der Waals surface area (Å²) in [5.74, 6) is -0.244. The summed E-state index contributed by atoms with van der Waals surface area (Å²) in [6, 6.07) is 0. The molecule has 0 saturated heterocycles. The molecule has 1 aromatic rings. The molecule has 4 nitrogen and oxygen atoms in total. The summed E-state index contributed by atoms with van der Waals surface area (Å²) in [5, 5.41) is 9.86. The van der Waals surface area contributed by atoms with Crippen LogP contribution in [0.25, 0.3) is 0 Å². The molecule has 0 saturated carbocycles. The van der Waals surface area contributed by atoms with Crippen molar-refractivity contribution in [1.82, 2.24) is 9.55 Å². The first-order chi connectivity index (χ1) is 6.61. The monoisotopic (exact) mass is 278 g/mol. The van der Waals surface area contributed by atoms with E-state index in [-0.39, 0.29) is 15.9 Å². The quantitative estimate of drug-likeness (QED) is 0.677. The van der Waals surface area contributed by atoms with E-state index in [4.69, 9.17) is 0 Å². The lowest BCUT2D eigenvalue weighted by atomic mass is 10.4. The van der Waals surface area contributed by atoms with Crippen molar-refractivity contribution in [3.8, 4) is 5.88 Å². The minimum absolute atomic E-state index is 0.128. The van der Waals surface area contributed by atoms with Gasteiger partial charge in [-0.1, -0.05) is 18.7 Å². The third-order valence-corrected chi connectivity index (χ3v) is 3.06. The second-order valence-electron chi connectivity index (χ2n) is 2.69. The number of rotatable bonds is 3. The third kappa shape index (κ3) is 2.12. The van der Waals surface area contributed by atoms with Crippen molar-refractivity contribution in [2.75, 3.05) is 6.26 Å². The fourth-order valence-corrected chi connectivity index (χ4v) is 1.95. The first kappa shape index (κ1) is 11.6. The molecule has 0 radical (unpaired) electrons. The van der Waals surface area contributed by atoms with Gasteiger partial charge >= 0.3 is 0 Å². The molecule has 0 atom stereocenters. The van der Waals surface area contributed by atoms with Gasteiger partial charge in [0.15, 0.2) is 5.16 Å². The Morgan fingerprint density at radius 1 is 1.64 bits per heavy atom. The Bertz CT molecular complexity index is 392. The fourth-order valence-electron chi connectivity index (χ4n) is 1.08. The van der Waals surface area contributed by atoms with Gasteiger partial charge in [-0.3, -0.25) is 9.36 Å². The van der Waals surface area contributed by atoms with Gasteiger partial charge in [0.2, 0.25) is 5.88 Å². The highest BCUT2D eigenvalue weighted by molar-refractivity contribution is 9.10. The smallest absolute Gasteiger partial charge is 0.272 e. The lowest BCUT2D eigenvalue weighted by Gasteiger charge is -2.09. The van der Waals surface area contributed by atoms with Crippen molar-refractivity contribution in [2.24, 2.45) is 0 Å². The van der Waals surface area contributed by atoms with Gasteiger partial charge in [0.1, 0.15) is 4.47 Å². The molecule has 1 N–H and O–H groups in total. The van der Waals surface area contributed by atoms with Crippen molar-refractivity contribution < 1.29 is 5.11 Å². The molecule has 0 spiro atoms. The zero-order valence-electron chi connectivity index (χ0n) is 7.95. The molecule has 6 heteroatoms.